The molecule has 1 amide bonds. The SMILES string of the molecule is C#CCN(CC1CC1)C(=O)c1ccn(C)c(=O)c1. The summed E-state index contributed by atoms with van der Waals surface area (Å²) >= 11 is 0. The molecule has 4 nitrogen and oxygen atoms in total. The first kappa shape index (κ1) is 12.4. The molecule has 0 aliphatic heterocycles. The second kappa shape index (κ2) is 5.09. The van der Waals surface area contributed by atoms with Crippen LogP contribution in [0.2, 0.25) is 0 Å². The average Bonchev–Trinajstić information content (AvgIpc) is 3.15. The van der Waals surface area contributed by atoms with Gasteiger partial charge in [-0.1, -0.05) is 5.92 Å². The Balaban J connectivity index is 2.18. The van der Waals surface area contributed by atoms with Gasteiger partial charge in [-0.25, -0.2) is 0 Å². The first-order valence-corrected chi connectivity index (χ1v) is 6.01. The Morgan fingerprint density at radius 2 is 2.33 bits per heavy atom. The van der Waals surface area contributed by atoms with Gasteiger partial charge in [0.05, 0.1) is 6.54 Å². The lowest BCUT2D eigenvalue weighted by Gasteiger charge is -2.20. The highest BCUT2D eigenvalue weighted by molar-refractivity contribution is 5.94. The van der Waals surface area contributed by atoms with Gasteiger partial charge < -0.3 is 9.47 Å². The van der Waals surface area contributed by atoms with Gasteiger partial charge in [0.15, 0.2) is 0 Å². The highest BCUT2D eigenvalue weighted by Gasteiger charge is 2.26. The van der Waals surface area contributed by atoms with Gasteiger partial charge in [0.25, 0.3) is 11.5 Å². The third-order valence-corrected chi connectivity index (χ3v) is 3.10. The first-order chi connectivity index (χ1) is 8.61. The fraction of sp³-hybridized carbons (Fsp3) is 0.429. The molecule has 1 aromatic heterocycles. The summed E-state index contributed by atoms with van der Waals surface area (Å²) in [6.07, 6.45) is 9.20. The number of terminal acetylenes is 1. The molecule has 18 heavy (non-hydrogen) atoms. The summed E-state index contributed by atoms with van der Waals surface area (Å²) in [7, 11) is 1.65. The Hall–Kier alpha value is -2.02. The summed E-state index contributed by atoms with van der Waals surface area (Å²) in [5.41, 5.74) is 0.224. The largest absolute Gasteiger partial charge is 0.327 e. The Labute approximate surface area is 106 Å². The van der Waals surface area contributed by atoms with E-state index >= 15 is 0 Å². The number of nitrogens with zero attached hydrogens (tertiary/aromatic N) is 2. The van der Waals surface area contributed by atoms with Crippen molar-refractivity contribution in [2.45, 2.75) is 12.8 Å². The van der Waals surface area contributed by atoms with E-state index in [0.717, 1.165) is 12.8 Å². The second-order valence-electron chi connectivity index (χ2n) is 4.70. The Bertz CT molecular complexity index is 550. The van der Waals surface area contributed by atoms with Crippen LogP contribution < -0.4 is 5.56 Å². The molecule has 0 N–H and O–H groups in total. The van der Waals surface area contributed by atoms with Crippen LogP contribution in [0.5, 0.6) is 0 Å². The molecule has 0 unspecified atom stereocenters. The summed E-state index contributed by atoms with van der Waals surface area (Å²) in [5, 5.41) is 0. The van der Waals surface area contributed by atoms with Gasteiger partial charge in [0.1, 0.15) is 0 Å². The van der Waals surface area contributed by atoms with Crippen LogP contribution in [0.25, 0.3) is 0 Å². The van der Waals surface area contributed by atoms with Crippen LogP contribution in [0.15, 0.2) is 23.1 Å². The quantitative estimate of drug-likeness (QED) is 0.738. The second-order valence-corrected chi connectivity index (χ2v) is 4.70. The number of pyridine rings is 1. The van der Waals surface area contributed by atoms with Crippen molar-refractivity contribution in [3.05, 3.63) is 34.2 Å². The van der Waals surface area contributed by atoms with Crippen molar-refractivity contribution in [3.8, 4) is 12.3 Å². The fourth-order valence-electron chi connectivity index (χ4n) is 1.81. The molecule has 1 aliphatic carbocycles. The van der Waals surface area contributed by atoms with E-state index in [-0.39, 0.29) is 11.5 Å². The normalized spacial score (nSPS) is 14.0. The average molecular weight is 244 g/mol. The van der Waals surface area contributed by atoms with E-state index in [2.05, 4.69) is 5.92 Å². The Morgan fingerprint density at radius 3 is 2.89 bits per heavy atom. The van der Waals surface area contributed by atoms with Crippen molar-refractivity contribution in [1.29, 1.82) is 0 Å². The van der Waals surface area contributed by atoms with Crippen molar-refractivity contribution < 1.29 is 4.79 Å². The molecule has 1 fully saturated rings. The number of aryl methyl sites for hydroxylation is 1. The molecule has 2 rings (SSSR count). The maximum atomic E-state index is 12.2. The van der Waals surface area contributed by atoms with Gasteiger partial charge in [0, 0.05) is 31.4 Å². The minimum atomic E-state index is -0.187. The van der Waals surface area contributed by atoms with Gasteiger partial charge in [-0.05, 0) is 24.8 Å². The number of carbonyl (C=O) groups is 1. The number of carbonyl (C=O) groups excluding carboxylic acids is 1. The van der Waals surface area contributed by atoms with Crippen LogP contribution in [-0.2, 0) is 7.05 Å². The Morgan fingerprint density at radius 1 is 1.61 bits per heavy atom. The third-order valence-electron chi connectivity index (χ3n) is 3.10. The van der Waals surface area contributed by atoms with Crippen LogP contribution in [0.4, 0.5) is 0 Å². The topological polar surface area (TPSA) is 42.3 Å². The predicted molar refractivity (Wildman–Crippen MR) is 69.1 cm³/mol. The van der Waals surface area contributed by atoms with Crippen molar-refractivity contribution in [1.82, 2.24) is 9.47 Å². The molecular formula is C14H16N2O2. The summed E-state index contributed by atoms with van der Waals surface area (Å²) in [5.74, 6) is 2.92. The zero-order valence-electron chi connectivity index (χ0n) is 10.4. The van der Waals surface area contributed by atoms with Crippen molar-refractivity contribution >= 4 is 5.91 Å². The zero-order valence-corrected chi connectivity index (χ0v) is 10.4. The molecule has 0 spiro atoms. The van der Waals surface area contributed by atoms with E-state index in [4.69, 9.17) is 6.42 Å². The molecule has 0 bridgehead atoms. The Kier molecular flexibility index (Phi) is 3.52. The van der Waals surface area contributed by atoms with Crippen LogP contribution in [-0.4, -0.2) is 28.5 Å². The van der Waals surface area contributed by atoms with Gasteiger partial charge in [-0.2, -0.15) is 0 Å². The summed E-state index contributed by atoms with van der Waals surface area (Å²) < 4.78 is 1.43. The zero-order chi connectivity index (χ0) is 13.1. The van der Waals surface area contributed by atoms with Crippen molar-refractivity contribution in [2.24, 2.45) is 13.0 Å². The lowest BCUT2D eigenvalue weighted by atomic mass is 10.2. The molecule has 0 saturated heterocycles. The molecule has 0 radical (unpaired) electrons. The smallest absolute Gasteiger partial charge is 0.254 e. The molecule has 94 valence electrons. The van der Waals surface area contributed by atoms with E-state index in [1.165, 1.54) is 10.6 Å². The molecular weight excluding hydrogens is 228 g/mol. The molecule has 0 aromatic carbocycles. The lowest BCUT2D eigenvalue weighted by Crippen LogP contribution is -2.34. The highest BCUT2D eigenvalue weighted by Crippen LogP contribution is 2.29. The first-order valence-electron chi connectivity index (χ1n) is 6.01. The number of amides is 1. The third kappa shape index (κ3) is 2.80. The van der Waals surface area contributed by atoms with Crippen LogP contribution >= 0.6 is 0 Å². The molecule has 1 heterocycles. The molecule has 4 heteroatoms. The summed E-state index contributed by atoms with van der Waals surface area (Å²) in [6, 6.07) is 3.01. The minimum Gasteiger partial charge on any atom is -0.327 e. The molecule has 0 atom stereocenters. The van der Waals surface area contributed by atoms with Crippen molar-refractivity contribution in [2.75, 3.05) is 13.1 Å². The van der Waals surface area contributed by atoms with E-state index in [1.54, 1.807) is 24.2 Å². The summed E-state index contributed by atoms with van der Waals surface area (Å²) in [6.45, 7) is 0.989. The van der Waals surface area contributed by atoms with Crippen LogP contribution in [0.1, 0.15) is 23.2 Å². The van der Waals surface area contributed by atoms with Gasteiger partial charge >= 0.3 is 0 Å². The van der Waals surface area contributed by atoms with Crippen LogP contribution in [0.3, 0.4) is 0 Å². The van der Waals surface area contributed by atoms with Gasteiger partial charge in [0.2, 0.25) is 0 Å². The maximum absolute atomic E-state index is 12.2. The fourth-order valence-corrected chi connectivity index (χ4v) is 1.81. The van der Waals surface area contributed by atoms with Crippen molar-refractivity contribution in [3.63, 3.8) is 0 Å². The van der Waals surface area contributed by atoms with Crippen LogP contribution in [0, 0.1) is 18.3 Å². The maximum Gasteiger partial charge on any atom is 0.254 e. The minimum absolute atomic E-state index is 0.155. The molecule has 1 aromatic rings. The number of hydrogen-bond donors (Lipinski definition) is 0. The number of rotatable bonds is 4. The molecule has 1 aliphatic rings. The number of hydrogen-bond acceptors (Lipinski definition) is 2. The van der Waals surface area contributed by atoms with Gasteiger partial charge in [-0.3, -0.25) is 9.59 Å². The lowest BCUT2D eigenvalue weighted by molar-refractivity contribution is 0.0769. The van der Waals surface area contributed by atoms with E-state index < -0.39 is 0 Å². The molecule has 1 saturated carbocycles. The van der Waals surface area contributed by atoms with Gasteiger partial charge in [-0.15, -0.1) is 6.42 Å². The monoisotopic (exact) mass is 244 g/mol. The number of aromatic nitrogens is 1. The predicted octanol–water partition coefficient (Wildman–Crippen LogP) is 0.871. The van der Waals surface area contributed by atoms with E-state index in [1.807, 2.05) is 0 Å². The van der Waals surface area contributed by atoms with E-state index in [0.29, 0.717) is 24.6 Å². The highest BCUT2D eigenvalue weighted by atomic mass is 16.2. The standard InChI is InChI=1S/C14H16N2O2/c1-3-7-16(10-11-4-5-11)14(18)12-6-8-15(2)13(17)9-12/h1,6,8-9,11H,4-5,7,10H2,2H3. The van der Waals surface area contributed by atoms with E-state index in [9.17, 15) is 9.59 Å². The summed E-state index contributed by atoms with van der Waals surface area (Å²) in [4.78, 5) is 25.4.